The van der Waals surface area contributed by atoms with Gasteiger partial charge in [0.25, 0.3) is 0 Å². The van der Waals surface area contributed by atoms with Crippen LogP contribution in [0.3, 0.4) is 0 Å². The highest BCUT2D eigenvalue weighted by molar-refractivity contribution is 5.90. The van der Waals surface area contributed by atoms with Gasteiger partial charge in [-0.05, 0) is 42.2 Å². The third kappa shape index (κ3) is 3.33. The molecule has 0 radical (unpaired) electrons. The van der Waals surface area contributed by atoms with E-state index >= 15 is 0 Å². The van der Waals surface area contributed by atoms with Crippen LogP contribution < -0.4 is 4.90 Å². The van der Waals surface area contributed by atoms with Gasteiger partial charge in [-0.2, -0.15) is 0 Å². The largest absolute Gasteiger partial charge is 0.371 e. The molecule has 20 heavy (non-hydrogen) atoms. The average molecular weight is 269 g/mol. The number of hydrogen-bond donors (Lipinski definition) is 0. The average Bonchev–Trinajstić information content (AvgIpc) is 2.49. The lowest BCUT2D eigenvalue weighted by atomic mass is 10.0. The molecule has 2 aromatic rings. The Morgan fingerprint density at radius 2 is 1.50 bits per heavy atom. The Labute approximate surface area is 123 Å². The SMILES string of the molecule is CCCCN(CCCC)c1ccc2ccccc2c1C. The summed E-state index contributed by atoms with van der Waals surface area (Å²) < 4.78 is 0. The lowest BCUT2D eigenvalue weighted by molar-refractivity contribution is 0.677. The number of fused-ring (bicyclic) bond motifs is 1. The highest BCUT2D eigenvalue weighted by atomic mass is 15.1. The van der Waals surface area contributed by atoms with Gasteiger partial charge >= 0.3 is 0 Å². The molecule has 2 rings (SSSR count). The van der Waals surface area contributed by atoms with Crippen molar-refractivity contribution < 1.29 is 0 Å². The van der Waals surface area contributed by atoms with Gasteiger partial charge in [-0.25, -0.2) is 0 Å². The third-order valence-electron chi connectivity index (χ3n) is 4.07. The summed E-state index contributed by atoms with van der Waals surface area (Å²) >= 11 is 0. The van der Waals surface area contributed by atoms with Crippen LogP contribution in [-0.2, 0) is 0 Å². The smallest absolute Gasteiger partial charge is 0.0402 e. The molecule has 0 heterocycles. The molecule has 108 valence electrons. The van der Waals surface area contributed by atoms with Gasteiger partial charge in [-0.15, -0.1) is 0 Å². The molecule has 0 aliphatic rings. The van der Waals surface area contributed by atoms with Crippen molar-refractivity contribution >= 4 is 16.5 Å². The molecule has 0 atom stereocenters. The molecule has 0 fully saturated rings. The van der Waals surface area contributed by atoms with Crippen LogP contribution in [0.2, 0.25) is 0 Å². The zero-order valence-corrected chi connectivity index (χ0v) is 13.2. The summed E-state index contributed by atoms with van der Waals surface area (Å²) in [7, 11) is 0. The van der Waals surface area contributed by atoms with Crippen molar-refractivity contribution in [3.8, 4) is 0 Å². The number of benzene rings is 2. The van der Waals surface area contributed by atoms with Crippen LogP contribution in [0.1, 0.15) is 45.1 Å². The fraction of sp³-hybridized carbons (Fsp3) is 0.474. The second-order valence-electron chi connectivity index (χ2n) is 5.62. The van der Waals surface area contributed by atoms with Crippen molar-refractivity contribution in [2.75, 3.05) is 18.0 Å². The molecule has 0 N–H and O–H groups in total. The van der Waals surface area contributed by atoms with Crippen molar-refractivity contribution in [1.29, 1.82) is 0 Å². The van der Waals surface area contributed by atoms with Gasteiger partial charge in [0, 0.05) is 18.8 Å². The summed E-state index contributed by atoms with van der Waals surface area (Å²) in [5.41, 5.74) is 2.85. The monoisotopic (exact) mass is 269 g/mol. The van der Waals surface area contributed by atoms with Crippen molar-refractivity contribution in [3.05, 3.63) is 42.0 Å². The second kappa shape index (κ2) is 7.33. The van der Waals surface area contributed by atoms with Crippen LogP contribution in [0.25, 0.3) is 10.8 Å². The Balaban J connectivity index is 2.33. The first-order chi connectivity index (χ1) is 9.77. The molecule has 0 unspecified atom stereocenters. The van der Waals surface area contributed by atoms with E-state index in [0.717, 1.165) is 0 Å². The fourth-order valence-electron chi connectivity index (χ4n) is 2.81. The lowest BCUT2D eigenvalue weighted by Crippen LogP contribution is -2.26. The molecule has 0 saturated carbocycles. The molecule has 1 heteroatoms. The number of anilines is 1. The summed E-state index contributed by atoms with van der Waals surface area (Å²) in [4.78, 5) is 2.58. The van der Waals surface area contributed by atoms with Crippen molar-refractivity contribution in [2.45, 2.75) is 46.5 Å². The molecule has 0 aromatic heterocycles. The van der Waals surface area contributed by atoms with Crippen LogP contribution in [0.4, 0.5) is 5.69 Å². The van der Waals surface area contributed by atoms with E-state index in [0.29, 0.717) is 0 Å². The van der Waals surface area contributed by atoms with Crippen molar-refractivity contribution in [3.63, 3.8) is 0 Å². The standard InChI is InChI=1S/C19H27N/c1-4-6-14-20(15-7-5-2)19-13-12-17-10-8-9-11-18(17)16(19)3/h8-13H,4-7,14-15H2,1-3H3. The number of aryl methyl sites for hydroxylation is 1. The highest BCUT2D eigenvalue weighted by Gasteiger charge is 2.10. The highest BCUT2D eigenvalue weighted by Crippen LogP contribution is 2.28. The van der Waals surface area contributed by atoms with Crippen molar-refractivity contribution in [2.24, 2.45) is 0 Å². The van der Waals surface area contributed by atoms with Crippen LogP contribution >= 0.6 is 0 Å². The first-order valence-electron chi connectivity index (χ1n) is 8.01. The summed E-state index contributed by atoms with van der Waals surface area (Å²) in [6.07, 6.45) is 5.07. The molecule has 0 saturated heterocycles. The molecule has 0 aliphatic heterocycles. The summed E-state index contributed by atoms with van der Waals surface area (Å²) in [6, 6.07) is 13.3. The normalized spacial score (nSPS) is 10.9. The molecule has 0 amide bonds. The Hall–Kier alpha value is -1.50. The number of nitrogens with zero attached hydrogens (tertiary/aromatic N) is 1. The maximum Gasteiger partial charge on any atom is 0.0402 e. The number of rotatable bonds is 7. The Kier molecular flexibility index (Phi) is 5.46. The molecule has 0 bridgehead atoms. The number of unbranched alkanes of at least 4 members (excludes halogenated alkanes) is 2. The zero-order valence-electron chi connectivity index (χ0n) is 13.2. The van der Waals surface area contributed by atoms with E-state index in [1.165, 1.54) is 60.8 Å². The van der Waals surface area contributed by atoms with Gasteiger partial charge in [-0.1, -0.05) is 57.0 Å². The first kappa shape index (κ1) is 14.9. The molecular weight excluding hydrogens is 242 g/mol. The summed E-state index contributed by atoms with van der Waals surface area (Å²) in [5, 5.41) is 2.74. The molecule has 1 nitrogen and oxygen atoms in total. The summed E-state index contributed by atoms with van der Waals surface area (Å²) in [6.45, 7) is 9.16. The van der Waals surface area contributed by atoms with E-state index in [9.17, 15) is 0 Å². The zero-order chi connectivity index (χ0) is 14.4. The fourth-order valence-corrected chi connectivity index (χ4v) is 2.81. The predicted molar refractivity (Wildman–Crippen MR) is 90.7 cm³/mol. The van der Waals surface area contributed by atoms with Gasteiger partial charge < -0.3 is 4.90 Å². The Bertz CT molecular complexity index is 536. The van der Waals surface area contributed by atoms with Gasteiger partial charge in [0.05, 0.1) is 0 Å². The van der Waals surface area contributed by atoms with E-state index in [1.807, 2.05) is 0 Å². The minimum Gasteiger partial charge on any atom is -0.371 e. The van der Waals surface area contributed by atoms with Crippen LogP contribution in [0, 0.1) is 6.92 Å². The Morgan fingerprint density at radius 1 is 0.850 bits per heavy atom. The number of hydrogen-bond acceptors (Lipinski definition) is 1. The maximum atomic E-state index is 2.58. The van der Waals surface area contributed by atoms with E-state index < -0.39 is 0 Å². The topological polar surface area (TPSA) is 3.24 Å². The maximum absolute atomic E-state index is 2.58. The van der Waals surface area contributed by atoms with E-state index in [-0.39, 0.29) is 0 Å². The Morgan fingerprint density at radius 3 is 2.15 bits per heavy atom. The van der Waals surface area contributed by atoms with Gasteiger partial charge in [0.15, 0.2) is 0 Å². The predicted octanol–water partition coefficient (Wildman–Crippen LogP) is 5.55. The van der Waals surface area contributed by atoms with Crippen LogP contribution in [0.15, 0.2) is 36.4 Å². The minimum atomic E-state index is 1.18. The van der Waals surface area contributed by atoms with E-state index in [1.54, 1.807) is 0 Å². The van der Waals surface area contributed by atoms with Gasteiger partial charge in [0.2, 0.25) is 0 Å². The van der Waals surface area contributed by atoms with Gasteiger partial charge in [-0.3, -0.25) is 0 Å². The molecule has 0 aliphatic carbocycles. The van der Waals surface area contributed by atoms with Gasteiger partial charge in [0.1, 0.15) is 0 Å². The third-order valence-corrected chi connectivity index (χ3v) is 4.07. The van der Waals surface area contributed by atoms with E-state index in [2.05, 4.69) is 62.1 Å². The van der Waals surface area contributed by atoms with Crippen molar-refractivity contribution in [1.82, 2.24) is 0 Å². The molecule has 2 aromatic carbocycles. The summed E-state index contributed by atoms with van der Waals surface area (Å²) in [5.74, 6) is 0. The first-order valence-corrected chi connectivity index (χ1v) is 8.01. The van der Waals surface area contributed by atoms with Crippen LogP contribution in [0.5, 0.6) is 0 Å². The van der Waals surface area contributed by atoms with E-state index in [4.69, 9.17) is 0 Å². The minimum absolute atomic E-state index is 1.18. The molecule has 0 spiro atoms. The van der Waals surface area contributed by atoms with Crippen LogP contribution in [-0.4, -0.2) is 13.1 Å². The molecular formula is C19H27N. The quantitative estimate of drug-likeness (QED) is 0.636. The lowest BCUT2D eigenvalue weighted by Gasteiger charge is -2.27. The second-order valence-corrected chi connectivity index (χ2v) is 5.62.